The van der Waals surface area contributed by atoms with Crippen molar-refractivity contribution in [1.82, 2.24) is 4.90 Å². The normalized spacial score (nSPS) is 15.8. The van der Waals surface area contributed by atoms with E-state index in [9.17, 15) is 12.6 Å². The van der Waals surface area contributed by atoms with Gasteiger partial charge in [0.05, 0.1) is 9.73 Å². The third kappa shape index (κ3) is 5.20. The number of rotatable bonds is 7. The molecular weight excluding hydrogens is 444 g/mol. The Hall–Kier alpha value is -2.68. The minimum Gasteiger partial charge on any atom is -0.488 e. The molecule has 1 atom stereocenters. The number of nitrogens with zero attached hydrogens (tertiary/aromatic N) is 1. The topological polar surface area (TPSA) is 87.5 Å². The van der Waals surface area contributed by atoms with Gasteiger partial charge in [0, 0.05) is 37.0 Å². The van der Waals surface area contributed by atoms with Crippen LogP contribution >= 0.6 is 0 Å². The summed E-state index contributed by atoms with van der Waals surface area (Å²) in [6.07, 6.45) is 2.56. The monoisotopic (exact) mass is 470 g/mol. The number of fused-ring (bicyclic) bond motifs is 1. The number of hydrogen-bond donors (Lipinski definition) is 1. The van der Waals surface area contributed by atoms with Crippen LogP contribution in [0.5, 0.6) is 5.75 Å². The molecule has 32 heavy (non-hydrogen) atoms. The Morgan fingerprint density at radius 3 is 2.03 bits per heavy atom. The highest BCUT2D eigenvalue weighted by Gasteiger charge is 2.20. The van der Waals surface area contributed by atoms with E-state index in [1.807, 2.05) is 18.2 Å². The van der Waals surface area contributed by atoms with Gasteiger partial charge in [0.15, 0.2) is 9.84 Å². The fourth-order valence-electron chi connectivity index (χ4n) is 3.84. The zero-order chi connectivity index (χ0) is 22.9. The van der Waals surface area contributed by atoms with Crippen molar-refractivity contribution in [2.45, 2.75) is 36.0 Å². The van der Waals surface area contributed by atoms with E-state index >= 15 is 0 Å². The van der Waals surface area contributed by atoms with Crippen molar-refractivity contribution in [3.8, 4) is 5.75 Å². The first-order chi connectivity index (χ1) is 15.1. The van der Waals surface area contributed by atoms with E-state index in [4.69, 9.17) is 9.52 Å². The van der Waals surface area contributed by atoms with Gasteiger partial charge in [-0.25, -0.2) is 17.4 Å². The second-order valence-corrected chi connectivity index (χ2v) is 12.4. The van der Waals surface area contributed by atoms with E-state index in [1.165, 1.54) is 23.6 Å². The lowest BCUT2D eigenvalue weighted by molar-refractivity contribution is 0.274. The van der Waals surface area contributed by atoms with Crippen LogP contribution in [-0.2, 0) is 45.8 Å². The zero-order valence-electron chi connectivity index (χ0n) is 18.1. The van der Waals surface area contributed by atoms with Crippen LogP contribution in [0.1, 0.15) is 22.3 Å². The van der Waals surface area contributed by atoms with Crippen molar-refractivity contribution in [2.24, 2.45) is 0 Å². The Balaban J connectivity index is 1.49. The molecule has 0 saturated heterocycles. The van der Waals surface area contributed by atoms with Crippen LogP contribution in [0, 0.1) is 4.78 Å². The SMILES string of the molecule is CS(=O)(=O)c1cc(CN2Cc3ccccc3C2)ccc1OCc1ccc([S@@](C)(=N)=O)cc1. The molecule has 0 amide bonds. The average molecular weight is 471 g/mol. The predicted octanol–water partition coefficient (Wildman–Crippen LogP) is 4.22. The number of benzene rings is 3. The van der Waals surface area contributed by atoms with Crippen molar-refractivity contribution in [3.63, 3.8) is 0 Å². The lowest BCUT2D eigenvalue weighted by Crippen LogP contribution is -2.16. The highest BCUT2D eigenvalue weighted by atomic mass is 32.2. The molecule has 3 aromatic rings. The average Bonchev–Trinajstić information content (AvgIpc) is 3.14. The van der Waals surface area contributed by atoms with Gasteiger partial charge >= 0.3 is 0 Å². The Morgan fingerprint density at radius 1 is 0.875 bits per heavy atom. The molecule has 6 nitrogen and oxygen atoms in total. The maximum atomic E-state index is 12.4. The van der Waals surface area contributed by atoms with Crippen molar-refractivity contribution in [1.29, 1.82) is 4.78 Å². The van der Waals surface area contributed by atoms with Crippen LogP contribution in [0.3, 0.4) is 0 Å². The van der Waals surface area contributed by atoms with Crippen LogP contribution in [0.2, 0.25) is 0 Å². The van der Waals surface area contributed by atoms with Crippen molar-refractivity contribution < 1.29 is 17.4 Å². The number of hydrogen-bond acceptors (Lipinski definition) is 6. The van der Waals surface area contributed by atoms with Gasteiger partial charge in [-0.15, -0.1) is 0 Å². The van der Waals surface area contributed by atoms with Gasteiger partial charge in [-0.2, -0.15) is 0 Å². The van der Waals surface area contributed by atoms with E-state index in [-0.39, 0.29) is 11.5 Å². The Bertz CT molecular complexity index is 1320. The van der Waals surface area contributed by atoms with Gasteiger partial charge in [0.25, 0.3) is 0 Å². The smallest absolute Gasteiger partial charge is 0.179 e. The molecule has 0 aliphatic carbocycles. The maximum Gasteiger partial charge on any atom is 0.179 e. The largest absolute Gasteiger partial charge is 0.488 e. The summed E-state index contributed by atoms with van der Waals surface area (Å²) in [5.74, 6) is 0.310. The van der Waals surface area contributed by atoms with Gasteiger partial charge in [-0.1, -0.05) is 42.5 Å². The number of nitrogens with one attached hydrogen (secondary N) is 1. The minimum atomic E-state index is -3.48. The second kappa shape index (κ2) is 8.69. The first kappa shape index (κ1) is 22.5. The first-order valence-electron chi connectivity index (χ1n) is 10.2. The van der Waals surface area contributed by atoms with Gasteiger partial charge in [-0.05, 0) is 46.5 Å². The van der Waals surface area contributed by atoms with Gasteiger partial charge in [0.2, 0.25) is 0 Å². The summed E-state index contributed by atoms with van der Waals surface area (Å²) >= 11 is 0. The fraction of sp³-hybridized carbons (Fsp3) is 0.250. The van der Waals surface area contributed by atoms with E-state index in [2.05, 4.69) is 17.0 Å². The summed E-state index contributed by atoms with van der Waals surface area (Å²) in [5.41, 5.74) is 4.34. The van der Waals surface area contributed by atoms with Crippen LogP contribution in [0.15, 0.2) is 76.5 Å². The fourth-order valence-corrected chi connectivity index (χ4v) is 5.35. The summed E-state index contributed by atoms with van der Waals surface area (Å²) < 4.78 is 50.2. The second-order valence-electron chi connectivity index (χ2n) is 8.24. The van der Waals surface area contributed by atoms with Crippen molar-refractivity contribution >= 4 is 19.6 Å². The summed E-state index contributed by atoms with van der Waals surface area (Å²) in [4.78, 5) is 2.91. The van der Waals surface area contributed by atoms with Crippen molar-refractivity contribution in [2.75, 3.05) is 12.5 Å². The Kier molecular flexibility index (Phi) is 6.11. The quantitative estimate of drug-likeness (QED) is 0.559. The van der Waals surface area contributed by atoms with Crippen LogP contribution in [0.25, 0.3) is 0 Å². The first-order valence-corrected chi connectivity index (χ1v) is 14.0. The highest BCUT2D eigenvalue weighted by Crippen LogP contribution is 2.29. The van der Waals surface area contributed by atoms with Gasteiger partial charge < -0.3 is 4.74 Å². The molecule has 0 fully saturated rings. The molecule has 8 heteroatoms. The third-order valence-electron chi connectivity index (χ3n) is 5.49. The molecule has 0 spiro atoms. The minimum absolute atomic E-state index is 0.172. The van der Waals surface area contributed by atoms with E-state index in [0.29, 0.717) is 17.2 Å². The molecule has 1 N–H and O–H groups in total. The highest BCUT2D eigenvalue weighted by molar-refractivity contribution is 7.91. The molecule has 4 rings (SSSR count). The predicted molar refractivity (Wildman–Crippen MR) is 125 cm³/mol. The summed E-state index contributed by atoms with van der Waals surface area (Å²) in [6.45, 7) is 2.52. The lowest BCUT2D eigenvalue weighted by atomic mass is 10.1. The lowest BCUT2D eigenvalue weighted by Gasteiger charge is -2.17. The molecule has 1 aliphatic heterocycles. The summed E-state index contributed by atoms with van der Waals surface area (Å²) in [5, 5.41) is 0. The van der Waals surface area contributed by atoms with Crippen LogP contribution in [-0.4, -0.2) is 30.0 Å². The summed E-state index contributed by atoms with van der Waals surface area (Å²) in [6, 6.07) is 20.4. The molecule has 0 aromatic heterocycles. The molecule has 0 saturated carbocycles. The maximum absolute atomic E-state index is 12.4. The molecule has 1 heterocycles. The summed E-state index contributed by atoms with van der Waals surface area (Å²) in [7, 11) is -6.25. The van der Waals surface area contributed by atoms with E-state index in [1.54, 1.807) is 36.4 Å². The van der Waals surface area contributed by atoms with Crippen LogP contribution in [0.4, 0.5) is 0 Å². The molecule has 0 bridgehead atoms. The van der Waals surface area contributed by atoms with Crippen LogP contribution < -0.4 is 4.74 Å². The number of sulfone groups is 1. The molecular formula is C24H26N2O4S2. The van der Waals surface area contributed by atoms with Gasteiger partial charge in [0.1, 0.15) is 17.3 Å². The van der Waals surface area contributed by atoms with E-state index < -0.39 is 19.6 Å². The molecule has 0 radical (unpaired) electrons. The Labute approximate surface area is 189 Å². The standard InChI is InChI=1S/C24H26N2O4S2/c1-31(25,27)22-10-7-18(8-11-22)17-30-23-12-9-19(13-24(23)32(2,28)29)14-26-15-20-5-3-4-6-21(20)16-26/h3-13,25H,14-17H2,1-2H3/t31-/m0/s1. The molecule has 1 aliphatic rings. The van der Waals surface area contributed by atoms with E-state index in [0.717, 1.165) is 24.2 Å². The molecule has 168 valence electrons. The van der Waals surface area contributed by atoms with Gasteiger partial charge in [-0.3, -0.25) is 4.90 Å². The third-order valence-corrected chi connectivity index (χ3v) is 7.78. The Morgan fingerprint density at radius 2 is 1.47 bits per heavy atom. The zero-order valence-corrected chi connectivity index (χ0v) is 19.7. The number of ether oxygens (including phenoxy) is 1. The van der Waals surface area contributed by atoms with Crippen molar-refractivity contribution in [3.05, 3.63) is 89.0 Å². The molecule has 0 unspecified atom stereocenters. The molecule has 3 aromatic carbocycles.